The average molecular weight is 229 g/mol. The van der Waals surface area contributed by atoms with Crippen LogP contribution in [0, 0.1) is 11.3 Å². The zero-order valence-electron chi connectivity index (χ0n) is 9.38. The van der Waals surface area contributed by atoms with Crippen LogP contribution in [0.3, 0.4) is 0 Å². The summed E-state index contributed by atoms with van der Waals surface area (Å²) in [7, 11) is 0. The first-order chi connectivity index (χ1) is 8.22. The lowest BCUT2D eigenvalue weighted by molar-refractivity contribution is -0.116. The zero-order valence-corrected chi connectivity index (χ0v) is 9.38. The first-order valence-corrected chi connectivity index (χ1v) is 5.23. The Morgan fingerprint density at radius 3 is 2.94 bits per heavy atom. The largest absolute Gasteiger partial charge is 0.423 e. The highest BCUT2D eigenvalue weighted by atomic mass is 16.4. The highest BCUT2D eigenvalue weighted by Gasteiger charge is 2.17. The fourth-order valence-electron chi connectivity index (χ4n) is 1.53. The molecule has 5 heteroatoms. The topological polar surface area (TPSA) is 70.1 Å². The van der Waals surface area contributed by atoms with E-state index in [0.29, 0.717) is 17.6 Å². The van der Waals surface area contributed by atoms with Crippen LogP contribution in [0.5, 0.6) is 0 Å². The van der Waals surface area contributed by atoms with Gasteiger partial charge >= 0.3 is 6.01 Å². The minimum atomic E-state index is -0.188. The van der Waals surface area contributed by atoms with Gasteiger partial charge in [-0.15, -0.1) is 0 Å². The van der Waals surface area contributed by atoms with Crippen LogP contribution in [0.2, 0.25) is 0 Å². The summed E-state index contributed by atoms with van der Waals surface area (Å²) in [5, 5.41) is 8.54. The molecule has 17 heavy (non-hydrogen) atoms. The summed E-state index contributed by atoms with van der Waals surface area (Å²) in [6.07, 6.45) is 0.248. The number of hydrogen-bond donors (Lipinski definition) is 0. The molecule has 0 aliphatic heterocycles. The number of para-hydroxylation sites is 2. The van der Waals surface area contributed by atoms with Crippen molar-refractivity contribution in [2.45, 2.75) is 13.3 Å². The molecule has 1 aromatic heterocycles. The van der Waals surface area contributed by atoms with Crippen molar-refractivity contribution < 1.29 is 9.21 Å². The molecular weight excluding hydrogens is 218 g/mol. The predicted molar refractivity (Wildman–Crippen MR) is 62.3 cm³/mol. The summed E-state index contributed by atoms with van der Waals surface area (Å²) in [5.41, 5.74) is 1.33. The molecule has 0 bridgehead atoms. The molecule has 2 aromatic rings. The molecule has 5 nitrogen and oxygen atoms in total. The number of nitrogens with zero attached hydrogens (tertiary/aromatic N) is 3. The fourth-order valence-corrected chi connectivity index (χ4v) is 1.53. The summed E-state index contributed by atoms with van der Waals surface area (Å²) >= 11 is 0. The van der Waals surface area contributed by atoms with Crippen LogP contribution in [-0.2, 0) is 4.79 Å². The summed E-state index contributed by atoms with van der Waals surface area (Å²) in [6.45, 7) is 1.71. The maximum absolute atomic E-state index is 11.4. The molecule has 0 saturated heterocycles. The van der Waals surface area contributed by atoms with Crippen molar-refractivity contribution in [3.63, 3.8) is 0 Å². The van der Waals surface area contributed by atoms with Gasteiger partial charge in [0.1, 0.15) is 5.52 Å². The molecule has 0 aliphatic rings. The molecule has 0 atom stereocenters. The second-order valence-electron chi connectivity index (χ2n) is 3.54. The van der Waals surface area contributed by atoms with Gasteiger partial charge in [0.25, 0.3) is 0 Å². The first kappa shape index (κ1) is 11.1. The van der Waals surface area contributed by atoms with Crippen molar-refractivity contribution in [3.8, 4) is 6.07 Å². The third-order valence-corrected chi connectivity index (χ3v) is 2.34. The summed E-state index contributed by atoms with van der Waals surface area (Å²) in [4.78, 5) is 17.0. The molecule has 1 aromatic carbocycles. The molecule has 0 N–H and O–H groups in total. The quantitative estimate of drug-likeness (QED) is 0.808. The van der Waals surface area contributed by atoms with Crippen molar-refractivity contribution in [2.75, 3.05) is 11.4 Å². The molecule has 0 spiro atoms. The van der Waals surface area contributed by atoms with Crippen molar-refractivity contribution >= 4 is 23.0 Å². The monoisotopic (exact) mass is 229 g/mol. The normalized spacial score (nSPS) is 10.1. The molecule has 1 heterocycles. The summed E-state index contributed by atoms with van der Waals surface area (Å²) < 4.78 is 5.47. The van der Waals surface area contributed by atoms with E-state index in [1.165, 1.54) is 11.8 Å². The lowest BCUT2D eigenvalue weighted by Gasteiger charge is -2.13. The van der Waals surface area contributed by atoms with Crippen molar-refractivity contribution in [3.05, 3.63) is 24.3 Å². The van der Waals surface area contributed by atoms with Gasteiger partial charge in [-0.1, -0.05) is 12.1 Å². The maximum atomic E-state index is 11.4. The Morgan fingerprint density at radius 2 is 2.29 bits per heavy atom. The van der Waals surface area contributed by atoms with E-state index in [0.717, 1.165) is 0 Å². The van der Waals surface area contributed by atoms with Crippen LogP contribution < -0.4 is 4.90 Å². The number of rotatable bonds is 3. The van der Waals surface area contributed by atoms with E-state index < -0.39 is 0 Å². The summed E-state index contributed by atoms with van der Waals surface area (Å²) in [6, 6.07) is 9.52. The van der Waals surface area contributed by atoms with E-state index in [1.54, 1.807) is 6.07 Å². The zero-order chi connectivity index (χ0) is 12.3. The number of carbonyl (C=O) groups excluding carboxylic acids is 1. The number of aromatic nitrogens is 1. The van der Waals surface area contributed by atoms with Gasteiger partial charge in [-0.2, -0.15) is 10.2 Å². The number of nitriles is 1. The van der Waals surface area contributed by atoms with E-state index in [-0.39, 0.29) is 18.3 Å². The molecule has 0 saturated carbocycles. The molecule has 86 valence electrons. The first-order valence-electron chi connectivity index (χ1n) is 5.23. The second kappa shape index (κ2) is 4.66. The van der Waals surface area contributed by atoms with Crippen LogP contribution in [0.4, 0.5) is 6.01 Å². The van der Waals surface area contributed by atoms with Gasteiger partial charge in [0.2, 0.25) is 5.91 Å². The molecule has 1 amide bonds. The van der Waals surface area contributed by atoms with Gasteiger partial charge in [0, 0.05) is 13.5 Å². The fraction of sp³-hybridized carbons (Fsp3) is 0.250. The minimum Gasteiger partial charge on any atom is -0.423 e. The third-order valence-electron chi connectivity index (χ3n) is 2.34. The standard InChI is InChI=1S/C12H11N3O2/c1-9(16)15(8-4-7-13)12-14-10-5-2-3-6-11(10)17-12/h2-3,5-6H,4,8H2,1H3. The molecule has 0 fully saturated rings. The highest BCUT2D eigenvalue weighted by Crippen LogP contribution is 2.21. The number of hydrogen-bond acceptors (Lipinski definition) is 4. The van der Waals surface area contributed by atoms with Gasteiger partial charge in [0.05, 0.1) is 12.5 Å². The van der Waals surface area contributed by atoms with E-state index in [9.17, 15) is 4.79 Å². The Balaban J connectivity index is 2.35. The van der Waals surface area contributed by atoms with Crippen LogP contribution in [0.15, 0.2) is 28.7 Å². The Kier molecular flexibility index (Phi) is 3.06. The Morgan fingerprint density at radius 1 is 1.53 bits per heavy atom. The lowest BCUT2D eigenvalue weighted by Crippen LogP contribution is -2.29. The van der Waals surface area contributed by atoms with Gasteiger partial charge in [0.15, 0.2) is 5.58 Å². The van der Waals surface area contributed by atoms with E-state index >= 15 is 0 Å². The Hall–Kier alpha value is -2.35. The van der Waals surface area contributed by atoms with Crippen LogP contribution in [-0.4, -0.2) is 17.4 Å². The number of fused-ring (bicyclic) bond motifs is 1. The predicted octanol–water partition coefficient (Wildman–Crippen LogP) is 2.09. The Labute approximate surface area is 98.3 Å². The molecule has 2 rings (SSSR count). The summed E-state index contributed by atoms with van der Waals surface area (Å²) in [5.74, 6) is -0.188. The van der Waals surface area contributed by atoms with Crippen LogP contribution >= 0.6 is 0 Å². The van der Waals surface area contributed by atoms with Crippen molar-refractivity contribution in [2.24, 2.45) is 0 Å². The van der Waals surface area contributed by atoms with Crippen molar-refractivity contribution in [1.82, 2.24) is 4.98 Å². The number of carbonyl (C=O) groups is 1. The Bertz CT molecular complexity index is 550. The highest BCUT2D eigenvalue weighted by molar-refractivity contribution is 5.90. The van der Waals surface area contributed by atoms with Gasteiger partial charge < -0.3 is 4.42 Å². The molecule has 0 radical (unpaired) electrons. The third kappa shape index (κ3) is 2.26. The van der Waals surface area contributed by atoms with Crippen LogP contribution in [0.1, 0.15) is 13.3 Å². The molecule has 0 unspecified atom stereocenters. The van der Waals surface area contributed by atoms with Gasteiger partial charge in [-0.25, -0.2) is 0 Å². The number of oxazole rings is 1. The van der Waals surface area contributed by atoms with Gasteiger partial charge in [-0.3, -0.25) is 9.69 Å². The lowest BCUT2D eigenvalue weighted by atomic mass is 10.3. The number of anilines is 1. The van der Waals surface area contributed by atoms with E-state index in [1.807, 2.05) is 24.3 Å². The molecular formula is C12H11N3O2. The SMILES string of the molecule is CC(=O)N(CCC#N)c1nc2ccccc2o1. The maximum Gasteiger partial charge on any atom is 0.305 e. The average Bonchev–Trinajstić information content (AvgIpc) is 2.72. The minimum absolute atomic E-state index is 0.188. The smallest absolute Gasteiger partial charge is 0.305 e. The van der Waals surface area contributed by atoms with Crippen LogP contribution in [0.25, 0.3) is 11.1 Å². The number of benzene rings is 1. The van der Waals surface area contributed by atoms with E-state index in [4.69, 9.17) is 9.68 Å². The number of amides is 1. The van der Waals surface area contributed by atoms with Gasteiger partial charge in [-0.05, 0) is 12.1 Å². The second-order valence-corrected chi connectivity index (χ2v) is 3.54. The van der Waals surface area contributed by atoms with Crippen molar-refractivity contribution in [1.29, 1.82) is 5.26 Å². The molecule has 0 aliphatic carbocycles. The van der Waals surface area contributed by atoms with E-state index in [2.05, 4.69) is 4.98 Å².